The molecule has 3 aromatic rings. The summed E-state index contributed by atoms with van der Waals surface area (Å²) in [7, 11) is 0. The first kappa shape index (κ1) is 21.7. The number of fused-ring (bicyclic) bond motifs is 1. The molecule has 8 heteroatoms. The molecule has 0 spiro atoms. The Kier molecular flexibility index (Phi) is 6.05. The summed E-state index contributed by atoms with van der Waals surface area (Å²) in [5, 5.41) is 5.58. The predicted molar refractivity (Wildman–Crippen MR) is 124 cm³/mol. The SMILES string of the molecule is CCC1Oc2ccc(-c3csc(C)n3)cc2N(CC(=O)c2ccc(NC(C)=O)cc2)C1=O. The van der Waals surface area contributed by atoms with Crippen LogP contribution >= 0.6 is 11.3 Å². The van der Waals surface area contributed by atoms with Crippen molar-refractivity contribution in [3.05, 3.63) is 58.4 Å². The van der Waals surface area contributed by atoms with Gasteiger partial charge in [0.1, 0.15) is 5.75 Å². The van der Waals surface area contributed by atoms with E-state index < -0.39 is 6.10 Å². The third-order valence-corrected chi connectivity index (χ3v) is 5.95. The molecule has 1 aliphatic rings. The van der Waals surface area contributed by atoms with E-state index in [-0.39, 0.29) is 24.1 Å². The van der Waals surface area contributed by atoms with E-state index in [2.05, 4.69) is 10.3 Å². The second-order valence-electron chi connectivity index (χ2n) is 7.56. The molecule has 0 radical (unpaired) electrons. The second kappa shape index (κ2) is 8.92. The van der Waals surface area contributed by atoms with Crippen molar-refractivity contribution in [3.63, 3.8) is 0 Å². The minimum absolute atomic E-state index is 0.106. The largest absolute Gasteiger partial charge is 0.478 e. The van der Waals surface area contributed by atoms with E-state index in [9.17, 15) is 14.4 Å². The molecule has 7 nitrogen and oxygen atoms in total. The molecule has 2 heterocycles. The Hall–Kier alpha value is -3.52. The molecule has 1 atom stereocenters. The van der Waals surface area contributed by atoms with Crippen LogP contribution < -0.4 is 15.0 Å². The zero-order valence-corrected chi connectivity index (χ0v) is 18.9. The third-order valence-electron chi connectivity index (χ3n) is 5.17. The van der Waals surface area contributed by atoms with Crippen LogP contribution in [0.3, 0.4) is 0 Å². The molecule has 1 unspecified atom stereocenters. The van der Waals surface area contributed by atoms with Crippen LogP contribution in [-0.2, 0) is 9.59 Å². The van der Waals surface area contributed by atoms with Crippen molar-refractivity contribution in [1.82, 2.24) is 4.98 Å². The maximum Gasteiger partial charge on any atom is 0.268 e. The van der Waals surface area contributed by atoms with Crippen molar-refractivity contribution in [2.45, 2.75) is 33.3 Å². The van der Waals surface area contributed by atoms with Gasteiger partial charge in [-0.3, -0.25) is 19.3 Å². The molecule has 164 valence electrons. The second-order valence-corrected chi connectivity index (χ2v) is 8.62. The number of aromatic nitrogens is 1. The maximum absolute atomic E-state index is 13.1. The predicted octanol–water partition coefficient (Wildman–Crippen LogP) is 4.46. The summed E-state index contributed by atoms with van der Waals surface area (Å²) >= 11 is 1.55. The van der Waals surface area contributed by atoms with Gasteiger partial charge in [0.2, 0.25) is 5.91 Å². The molecular weight excluding hydrogens is 426 g/mol. The van der Waals surface area contributed by atoms with Crippen LogP contribution in [0.1, 0.15) is 35.6 Å². The summed E-state index contributed by atoms with van der Waals surface area (Å²) < 4.78 is 5.90. The number of ketones is 1. The number of benzene rings is 2. The number of thiazole rings is 1. The fraction of sp³-hybridized carbons (Fsp3) is 0.250. The van der Waals surface area contributed by atoms with Gasteiger partial charge in [-0.25, -0.2) is 4.98 Å². The summed E-state index contributed by atoms with van der Waals surface area (Å²) in [5.41, 5.74) is 3.30. The van der Waals surface area contributed by atoms with E-state index in [0.29, 0.717) is 29.1 Å². The van der Waals surface area contributed by atoms with Crippen molar-refractivity contribution < 1.29 is 19.1 Å². The Morgan fingerprint density at radius 2 is 1.94 bits per heavy atom. The molecule has 1 aliphatic heterocycles. The number of carbonyl (C=O) groups is 3. The minimum atomic E-state index is -0.634. The van der Waals surface area contributed by atoms with Crippen LogP contribution in [0.25, 0.3) is 11.3 Å². The monoisotopic (exact) mass is 449 g/mol. The number of aryl methyl sites for hydroxylation is 1. The molecule has 0 aliphatic carbocycles. The molecule has 2 amide bonds. The van der Waals surface area contributed by atoms with Gasteiger partial charge in [0.25, 0.3) is 5.91 Å². The van der Waals surface area contributed by atoms with Gasteiger partial charge >= 0.3 is 0 Å². The third kappa shape index (κ3) is 4.40. The van der Waals surface area contributed by atoms with Gasteiger partial charge in [-0.05, 0) is 55.8 Å². The first-order valence-corrected chi connectivity index (χ1v) is 11.2. The fourth-order valence-electron chi connectivity index (χ4n) is 3.58. The van der Waals surface area contributed by atoms with Gasteiger partial charge in [-0.1, -0.05) is 6.92 Å². The Morgan fingerprint density at radius 1 is 1.19 bits per heavy atom. The van der Waals surface area contributed by atoms with Crippen LogP contribution in [-0.4, -0.2) is 35.2 Å². The van der Waals surface area contributed by atoms with Gasteiger partial charge in [0.15, 0.2) is 11.9 Å². The van der Waals surface area contributed by atoms with Crippen molar-refractivity contribution in [3.8, 4) is 17.0 Å². The van der Waals surface area contributed by atoms with Gasteiger partial charge in [0, 0.05) is 29.1 Å². The highest BCUT2D eigenvalue weighted by molar-refractivity contribution is 7.09. The molecule has 32 heavy (non-hydrogen) atoms. The highest BCUT2D eigenvalue weighted by Crippen LogP contribution is 2.38. The smallest absolute Gasteiger partial charge is 0.268 e. The summed E-state index contributed by atoms with van der Waals surface area (Å²) in [6.07, 6.45) is -0.133. The van der Waals surface area contributed by atoms with Crippen molar-refractivity contribution in [2.24, 2.45) is 0 Å². The lowest BCUT2D eigenvalue weighted by Gasteiger charge is -2.34. The normalized spacial score (nSPS) is 15.2. The van der Waals surface area contributed by atoms with Crippen LogP contribution in [0, 0.1) is 6.92 Å². The summed E-state index contributed by atoms with van der Waals surface area (Å²) in [4.78, 5) is 43.3. The minimum Gasteiger partial charge on any atom is -0.478 e. The number of Topliss-reactive ketones (excluding diaryl/α,β-unsaturated/α-hetero) is 1. The van der Waals surface area contributed by atoms with Gasteiger partial charge < -0.3 is 10.1 Å². The topological polar surface area (TPSA) is 88.6 Å². The number of amides is 2. The first-order valence-electron chi connectivity index (χ1n) is 10.3. The number of hydrogen-bond acceptors (Lipinski definition) is 6. The van der Waals surface area contributed by atoms with Crippen LogP contribution in [0.2, 0.25) is 0 Å². The average molecular weight is 450 g/mol. The van der Waals surface area contributed by atoms with Crippen LogP contribution in [0.4, 0.5) is 11.4 Å². The zero-order chi connectivity index (χ0) is 22.8. The number of nitrogens with one attached hydrogen (secondary N) is 1. The molecule has 4 rings (SSSR count). The standard InChI is InChI=1S/C24H23N3O4S/c1-4-22-24(30)27(12-21(29)16-5-8-18(9-6-16)25-14(2)28)20-11-17(7-10-23(20)31-22)19-13-32-15(3)26-19/h5-11,13,22H,4,12H2,1-3H3,(H,25,28). The lowest BCUT2D eigenvalue weighted by Crippen LogP contribution is -2.47. The molecule has 0 fully saturated rings. The van der Waals surface area contributed by atoms with E-state index in [1.165, 1.54) is 11.8 Å². The molecule has 1 aromatic heterocycles. The number of rotatable bonds is 6. The van der Waals surface area contributed by atoms with E-state index >= 15 is 0 Å². The average Bonchev–Trinajstić information content (AvgIpc) is 3.21. The fourth-order valence-corrected chi connectivity index (χ4v) is 4.20. The van der Waals surface area contributed by atoms with Crippen LogP contribution in [0.15, 0.2) is 47.8 Å². The van der Waals surface area contributed by atoms with Crippen molar-refractivity contribution in [1.29, 1.82) is 0 Å². The van der Waals surface area contributed by atoms with E-state index in [0.717, 1.165) is 16.3 Å². The van der Waals surface area contributed by atoms with Crippen LogP contribution in [0.5, 0.6) is 5.75 Å². The molecule has 0 bridgehead atoms. The Balaban J connectivity index is 1.64. The van der Waals surface area contributed by atoms with Gasteiger partial charge in [-0.2, -0.15) is 0 Å². The zero-order valence-electron chi connectivity index (χ0n) is 18.0. The van der Waals surface area contributed by atoms with E-state index in [1.54, 1.807) is 35.6 Å². The van der Waals surface area contributed by atoms with Gasteiger partial charge in [-0.15, -0.1) is 11.3 Å². The van der Waals surface area contributed by atoms with E-state index in [4.69, 9.17) is 4.74 Å². The summed E-state index contributed by atoms with van der Waals surface area (Å²) in [5.74, 6) is -0.0579. The maximum atomic E-state index is 13.1. The number of ether oxygens (including phenoxy) is 1. The first-order chi connectivity index (χ1) is 15.4. The van der Waals surface area contributed by atoms with Crippen molar-refractivity contribution >= 4 is 40.3 Å². The Morgan fingerprint density at radius 3 is 2.56 bits per heavy atom. The molecule has 0 saturated heterocycles. The highest BCUT2D eigenvalue weighted by atomic mass is 32.1. The van der Waals surface area contributed by atoms with Crippen molar-refractivity contribution in [2.75, 3.05) is 16.8 Å². The Labute approximate surface area is 190 Å². The van der Waals surface area contributed by atoms with Gasteiger partial charge in [0.05, 0.1) is 22.9 Å². The quantitative estimate of drug-likeness (QED) is 0.561. The molecule has 2 aromatic carbocycles. The molecule has 1 N–H and O–H groups in total. The Bertz CT molecular complexity index is 1190. The summed E-state index contributed by atoms with van der Waals surface area (Å²) in [6, 6.07) is 12.2. The summed E-state index contributed by atoms with van der Waals surface area (Å²) in [6.45, 7) is 5.13. The highest BCUT2D eigenvalue weighted by Gasteiger charge is 2.35. The number of carbonyl (C=O) groups excluding carboxylic acids is 3. The lowest BCUT2D eigenvalue weighted by molar-refractivity contribution is -0.126. The number of hydrogen-bond donors (Lipinski definition) is 1. The molecule has 0 saturated carbocycles. The molecular formula is C24H23N3O4S. The number of nitrogens with zero attached hydrogens (tertiary/aromatic N) is 2. The number of anilines is 2. The van der Waals surface area contributed by atoms with E-state index in [1.807, 2.05) is 37.4 Å². The lowest BCUT2D eigenvalue weighted by atomic mass is 10.0.